The Balaban J connectivity index is 1.96. The number of amides is 2. The summed E-state index contributed by atoms with van der Waals surface area (Å²) in [6.07, 6.45) is 0. The molecule has 0 unspecified atom stereocenters. The smallest absolute Gasteiger partial charge is 0.313 e. The van der Waals surface area contributed by atoms with E-state index in [1.54, 1.807) is 13.0 Å². The number of benzene rings is 2. The molecular weight excluding hydrogens is 321 g/mol. The number of nitrogens with zero attached hydrogens (tertiary/aromatic N) is 1. The van der Waals surface area contributed by atoms with Gasteiger partial charge in [-0.25, -0.2) is 4.39 Å². The molecule has 0 aliphatic rings. The number of aryl methyl sites for hydroxylation is 2. The second kappa shape index (κ2) is 7.79. The standard InChI is InChI=1S/C19H22FN3O2/c1-12-5-8-17(16(20)9-12)22-19(25)18(24)21-11-14-6-7-15(23(3)4)10-13(14)2/h5-10H,11H2,1-4H3,(H,21,24)(H,22,25). The Bertz CT molecular complexity index is 803. The van der Waals surface area contributed by atoms with Gasteiger partial charge in [0.05, 0.1) is 5.69 Å². The molecule has 132 valence electrons. The van der Waals surface area contributed by atoms with Crippen molar-refractivity contribution in [2.45, 2.75) is 20.4 Å². The van der Waals surface area contributed by atoms with Crippen molar-refractivity contribution in [2.75, 3.05) is 24.3 Å². The van der Waals surface area contributed by atoms with Gasteiger partial charge in [0.15, 0.2) is 0 Å². The lowest BCUT2D eigenvalue weighted by atomic mass is 10.1. The molecule has 25 heavy (non-hydrogen) atoms. The number of hydrogen-bond donors (Lipinski definition) is 2. The van der Waals surface area contributed by atoms with Crippen molar-refractivity contribution in [3.63, 3.8) is 0 Å². The molecule has 2 N–H and O–H groups in total. The topological polar surface area (TPSA) is 61.4 Å². The summed E-state index contributed by atoms with van der Waals surface area (Å²) in [5, 5.41) is 4.83. The highest BCUT2D eigenvalue weighted by Crippen LogP contribution is 2.17. The van der Waals surface area contributed by atoms with E-state index in [1.165, 1.54) is 12.1 Å². The second-order valence-corrected chi connectivity index (χ2v) is 6.13. The molecule has 0 bridgehead atoms. The van der Waals surface area contributed by atoms with Crippen LogP contribution in [-0.2, 0) is 16.1 Å². The summed E-state index contributed by atoms with van der Waals surface area (Å²) < 4.78 is 13.7. The molecule has 2 amide bonds. The molecule has 5 nitrogen and oxygen atoms in total. The first kappa shape index (κ1) is 18.4. The van der Waals surface area contributed by atoms with Gasteiger partial charge in [-0.05, 0) is 54.8 Å². The molecule has 0 spiro atoms. The van der Waals surface area contributed by atoms with Crippen LogP contribution >= 0.6 is 0 Å². The molecule has 2 aromatic rings. The lowest BCUT2D eigenvalue weighted by Crippen LogP contribution is -2.35. The number of halogens is 1. The molecule has 0 saturated carbocycles. The average Bonchev–Trinajstić information content (AvgIpc) is 2.55. The summed E-state index contributed by atoms with van der Waals surface area (Å²) in [6, 6.07) is 10.2. The predicted molar refractivity (Wildman–Crippen MR) is 97.1 cm³/mol. The van der Waals surface area contributed by atoms with Crippen LogP contribution in [0.1, 0.15) is 16.7 Å². The lowest BCUT2D eigenvalue weighted by Gasteiger charge is -2.15. The summed E-state index contributed by atoms with van der Waals surface area (Å²) >= 11 is 0. The number of nitrogens with one attached hydrogen (secondary N) is 2. The zero-order chi connectivity index (χ0) is 18.6. The second-order valence-electron chi connectivity index (χ2n) is 6.13. The minimum Gasteiger partial charge on any atom is -0.378 e. The fourth-order valence-electron chi connectivity index (χ4n) is 2.31. The van der Waals surface area contributed by atoms with Gasteiger partial charge >= 0.3 is 11.8 Å². The van der Waals surface area contributed by atoms with Crippen molar-refractivity contribution in [3.8, 4) is 0 Å². The molecule has 0 saturated heterocycles. The number of carbonyl (C=O) groups excluding carboxylic acids is 2. The summed E-state index contributed by atoms with van der Waals surface area (Å²) in [5.41, 5.74) is 3.69. The van der Waals surface area contributed by atoms with Crippen molar-refractivity contribution in [3.05, 3.63) is 58.9 Å². The quantitative estimate of drug-likeness (QED) is 0.839. The minimum absolute atomic E-state index is 0.0164. The van der Waals surface area contributed by atoms with E-state index < -0.39 is 17.6 Å². The lowest BCUT2D eigenvalue weighted by molar-refractivity contribution is -0.136. The average molecular weight is 343 g/mol. The van der Waals surface area contributed by atoms with E-state index in [2.05, 4.69) is 10.6 Å². The van der Waals surface area contributed by atoms with E-state index in [-0.39, 0.29) is 12.2 Å². The number of hydrogen-bond acceptors (Lipinski definition) is 3. The molecule has 0 aliphatic heterocycles. The van der Waals surface area contributed by atoms with Gasteiger partial charge in [-0.1, -0.05) is 12.1 Å². The maximum absolute atomic E-state index is 13.7. The third kappa shape index (κ3) is 4.79. The van der Waals surface area contributed by atoms with E-state index >= 15 is 0 Å². The van der Waals surface area contributed by atoms with E-state index in [9.17, 15) is 14.0 Å². The minimum atomic E-state index is -0.898. The Labute approximate surface area is 146 Å². The van der Waals surface area contributed by atoms with Crippen LogP contribution in [0.15, 0.2) is 36.4 Å². The van der Waals surface area contributed by atoms with Crippen molar-refractivity contribution < 1.29 is 14.0 Å². The molecule has 6 heteroatoms. The first-order valence-corrected chi connectivity index (χ1v) is 7.90. The predicted octanol–water partition coefficient (Wildman–Crippen LogP) is 2.76. The zero-order valence-corrected chi connectivity index (χ0v) is 14.8. The van der Waals surface area contributed by atoms with Crippen LogP contribution in [0.3, 0.4) is 0 Å². The Morgan fingerprint density at radius 3 is 2.36 bits per heavy atom. The van der Waals surface area contributed by atoms with Crippen molar-refractivity contribution >= 4 is 23.2 Å². The van der Waals surface area contributed by atoms with Crippen LogP contribution in [0, 0.1) is 19.7 Å². The summed E-state index contributed by atoms with van der Waals surface area (Å²) in [5.74, 6) is -2.28. The van der Waals surface area contributed by atoms with Gasteiger partial charge in [0.2, 0.25) is 0 Å². The Morgan fingerprint density at radius 2 is 1.76 bits per heavy atom. The molecule has 0 atom stereocenters. The molecule has 0 fully saturated rings. The van der Waals surface area contributed by atoms with Crippen LogP contribution in [0.5, 0.6) is 0 Å². The van der Waals surface area contributed by atoms with Gasteiger partial charge in [-0.2, -0.15) is 0 Å². The monoisotopic (exact) mass is 343 g/mol. The molecule has 0 heterocycles. The van der Waals surface area contributed by atoms with E-state index in [1.807, 2.05) is 44.1 Å². The normalized spacial score (nSPS) is 10.3. The van der Waals surface area contributed by atoms with Crippen molar-refractivity contribution in [2.24, 2.45) is 0 Å². The Morgan fingerprint density at radius 1 is 1.04 bits per heavy atom. The maximum atomic E-state index is 13.7. The number of rotatable bonds is 4. The SMILES string of the molecule is Cc1ccc(NC(=O)C(=O)NCc2ccc(N(C)C)cc2C)c(F)c1. The largest absolute Gasteiger partial charge is 0.378 e. The summed E-state index contributed by atoms with van der Waals surface area (Å²) in [7, 11) is 3.90. The molecule has 2 rings (SSSR count). The number of carbonyl (C=O) groups is 2. The van der Waals surface area contributed by atoms with Gasteiger partial charge in [0.25, 0.3) is 0 Å². The molecular formula is C19H22FN3O2. The van der Waals surface area contributed by atoms with Gasteiger partial charge in [-0.3, -0.25) is 9.59 Å². The summed E-state index contributed by atoms with van der Waals surface area (Å²) in [6.45, 7) is 3.91. The van der Waals surface area contributed by atoms with E-state index in [0.717, 1.165) is 22.4 Å². The highest BCUT2D eigenvalue weighted by molar-refractivity contribution is 6.39. The highest BCUT2D eigenvalue weighted by atomic mass is 19.1. The first-order chi connectivity index (χ1) is 11.8. The number of anilines is 2. The summed E-state index contributed by atoms with van der Waals surface area (Å²) in [4.78, 5) is 25.8. The van der Waals surface area contributed by atoms with Gasteiger partial charge < -0.3 is 15.5 Å². The fraction of sp³-hybridized carbons (Fsp3) is 0.263. The van der Waals surface area contributed by atoms with Crippen molar-refractivity contribution in [1.29, 1.82) is 0 Å². The maximum Gasteiger partial charge on any atom is 0.313 e. The van der Waals surface area contributed by atoms with Gasteiger partial charge in [-0.15, -0.1) is 0 Å². The van der Waals surface area contributed by atoms with E-state index in [0.29, 0.717) is 0 Å². The van der Waals surface area contributed by atoms with Crippen molar-refractivity contribution in [1.82, 2.24) is 5.32 Å². The third-order valence-corrected chi connectivity index (χ3v) is 3.86. The van der Waals surface area contributed by atoms with Crippen LogP contribution in [0.4, 0.5) is 15.8 Å². The molecule has 2 aromatic carbocycles. The molecule has 0 aromatic heterocycles. The third-order valence-electron chi connectivity index (χ3n) is 3.86. The zero-order valence-electron chi connectivity index (χ0n) is 14.8. The van der Waals surface area contributed by atoms with Gasteiger partial charge in [0.1, 0.15) is 5.82 Å². The first-order valence-electron chi connectivity index (χ1n) is 7.90. The van der Waals surface area contributed by atoms with E-state index in [4.69, 9.17) is 0 Å². The molecule has 0 radical (unpaired) electrons. The fourth-order valence-corrected chi connectivity index (χ4v) is 2.31. The van der Waals surface area contributed by atoms with Crippen LogP contribution in [-0.4, -0.2) is 25.9 Å². The van der Waals surface area contributed by atoms with Crippen LogP contribution < -0.4 is 15.5 Å². The Kier molecular flexibility index (Phi) is 5.75. The van der Waals surface area contributed by atoms with Crippen LogP contribution in [0.2, 0.25) is 0 Å². The van der Waals surface area contributed by atoms with Crippen LogP contribution in [0.25, 0.3) is 0 Å². The molecule has 0 aliphatic carbocycles. The Hall–Kier alpha value is -2.89. The highest BCUT2D eigenvalue weighted by Gasteiger charge is 2.15. The van der Waals surface area contributed by atoms with Gasteiger partial charge in [0, 0.05) is 26.3 Å².